The number of fused-ring (bicyclic) bond motifs is 1. The fraction of sp³-hybridized carbons (Fsp3) is 0.500. The molecule has 0 aliphatic carbocycles. The molecule has 1 heterocycles. The molecule has 0 aliphatic heterocycles. The Hall–Kier alpha value is -3.45. The molecule has 9 heteroatoms. The molecule has 0 aliphatic rings. The lowest BCUT2D eigenvalue weighted by Crippen LogP contribution is -2.45. The Morgan fingerprint density at radius 2 is 1.85 bits per heavy atom. The molecule has 4 atom stereocenters. The molecule has 0 spiro atoms. The summed E-state index contributed by atoms with van der Waals surface area (Å²) >= 11 is 0. The van der Waals surface area contributed by atoms with E-state index in [9.17, 15) is 14.9 Å². The van der Waals surface area contributed by atoms with Crippen LogP contribution in [-0.4, -0.2) is 55.5 Å². The van der Waals surface area contributed by atoms with Gasteiger partial charge in [-0.05, 0) is 55.1 Å². The van der Waals surface area contributed by atoms with Crippen molar-refractivity contribution in [3.8, 4) is 17.2 Å². The molecule has 0 bridgehead atoms. The van der Waals surface area contributed by atoms with E-state index in [1.807, 2.05) is 64.2 Å². The highest BCUT2D eigenvalue weighted by atomic mass is 16.5. The van der Waals surface area contributed by atoms with Crippen LogP contribution in [0, 0.1) is 17.2 Å². The van der Waals surface area contributed by atoms with Crippen molar-refractivity contribution in [1.82, 2.24) is 15.2 Å². The zero-order chi connectivity index (χ0) is 28.4. The van der Waals surface area contributed by atoms with Crippen molar-refractivity contribution in [2.75, 3.05) is 26.8 Å². The fourth-order valence-electron chi connectivity index (χ4n) is 4.50. The molecule has 210 valence electrons. The van der Waals surface area contributed by atoms with E-state index < -0.39 is 17.9 Å². The van der Waals surface area contributed by atoms with Crippen LogP contribution in [0.15, 0.2) is 51.7 Å². The number of aryl methyl sites for hydroxylation is 1. The summed E-state index contributed by atoms with van der Waals surface area (Å²) in [5, 5.41) is 15.8. The third-order valence-electron chi connectivity index (χ3n) is 6.98. The SMILES string of the molecule is CCOC(CCOC(C(=O)N[C@H](C#N)Cc1ccc(-c2ccc3oc(=O)n(C)c3c2)cc1)C(C)CC)CNC. The van der Waals surface area contributed by atoms with E-state index in [1.54, 1.807) is 13.1 Å². The van der Waals surface area contributed by atoms with Crippen LogP contribution in [0.25, 0.3) is 22.2 Å². The van der Waals surface area contributed by atoms with Crippen LogP contribution in [0.3, 0.4) is 0 Å². The lowest BCUT2D eigenvalue weighted by atomic mass is 9.99. The first-order valence-electron chi connectivity index (χ1n) is 13.6. The van der Waals surface area contributed by atoms with Crippen molar-refractivity contribution < 1.29 is 18.7 Å². The molecule has 0 saturated heterocycles. The second-order valence-corrected chi connectivity index (χ2v) is 9.80. The monoisotopic (exact) mass is 536 g/mol. The summed E-state index contributed by atoms with van der Waals surface area (Å²) < 4.78 is 18.4. The number of benzene rings is 2. The van der Waals surface area contributed by atoms with Crippen LogP contribution in [0.2, 0.25) is 0 Å². The minimum atomic E-state index is -0.684. The third kappa shape index (κ3) is 8.02. The first kappa shape index (κ1) is 30.1. The Kier molecular flexibility index (Phi) is 11.3. The predicted molar refractivity (Wildman–Crippen MR) is 151 cm³/mol. The first-order valence-corrected chi connectivity index (χ1v) is 13.6. The van der Waals surface area contributed by atoms with E-state index in [2.05, 4.69) is 16.7 Å². The smallest absolute Gasteiger partial charge is 0.408 e. The van der Waals surface area contributed by atoms with Crippen molar-refractivity contribution in [2.24, 2.45) is 13.0 Å². The van der Waals surface area contributed by atoms with Gasteiger partial charge in [-0.15, -0.1) is 0 Å². The number of hydrogen-bond donors (Lipinski definition) is 2. The molecule has 1 amide bonds. The molecule has 9 nitrogen and oxygen atoms in total. The van der Waals surface area contributed by atoms with Crippen LogP contribution in [-0.2, 0) is 27.7 Å². The average molecular weight is 537 g/mol. The summed E-state index contributed by atoms with van der Waals surface area (Å²) in [5.41, 5.74) is 4.12. The zero-order valence-corrected chi connectivity index (χ0v) is 23.5. The number of likely N-dealkylation sites (N-methyl/N-ethyl adjacent to an activating group) is 1. The molecule has 0 radical (unpaired) electrons. The van der Waals surface area contributed by atoms with Gasteiger partial charge in [-0.25, -0.2) is 4.79 Å². The summed E-state index contributed by atoms with van der Waals surface area (Å²) in [7, 11) is 3.55. The predicted octanol–water partition coefficient (Wildman–Crippen LogP) is 3.80. The van der Waals surface area contributed by atoms with Gasteiger partial charge < -0.3 is 24.5 Å². The quantitative estimate of drug-likeness (QED) is 0.303. The number of nitrogens with one attached hydrogen (secondary N) is 2. The van der Waals surface area contributed by atoms with Gasteiger partial charge in [0, 0.05) is 26.6 Å². The number of ether oxygens (including phenoxy) is 2. The van der Waals surface area contributed by atoms with Gasteiger partial charge >= 0.3 is 5.76 Å². The normalized spacial score (nSPS) is 14.5. The number of aromatic nitrogens is 1. The Bertz CT molecular complexity index is 1300. The number of nitriles is 1. The average Bonchev–Trinajstić information content (AvgIpc) is 3.23. The number of rotatable bonds is 15. The lowest BCUT2D eigenvalue weighted by molar-refractivity contribution is -0.137. The van der Waals surface area contributed by atoms with Crippen molar-refractivity contribution in [1.29, 1.82) is 5.26 Å². The van der Waals surface area contributed by atoms with E-state index in [0.717, 1.165) is 28.6 Å². The minimum Gasteiger partial charge on any atom is -0.408 e. The highest BCUT2D eigenvalue weighted by Gasteiger charge is 2.27. The highest BCUT2D eigenvalue weighted by molar-refractivity contribution is 5.82. The zero-order valence-electron chi connectivity index (χ0n) is 23.5. The van der Waals surface area contributed by atoms with E-state index in [0.29, 0.717) is 38.2 Å². The Labute approximate surface area is 230 Å². The Morgan fingerprint density at radius 3 is 2.49 bits per heavy atom. The highest BCUT2D eigenvalue weighted by Crippen LogP contribution is 2.24. The molecular formula is C30H40N4O5. The number of carbonyl (C=O) groups is 1. The maximum absolute atomic E-state index is 13.1. The standard InChI is InChI=1S/C30H40N4O5/c1-6-20(3)28(38-15-14-25(19-32-4)37-7-2)29(35)33-24(18-31)16-21-8-10-22(11-9-21)23-12-13-27-26(17-23)34(5)30(36)39-27/h8-13,17,20,24-25,28,32H,6-7,14-16,19H2,1-5H3,(H,33,35)/t20?,24-,25?,28?/m0/s1. The number of oxazole rings is 1. The molecule has 3 aromatic rings. The van der Waals surface area contributed by atoms with Gasteiger partial charge in [-0.3, -0.25) is 9.36 Å². The summed E-state index contributed by atoms with van der Waals surface area (Å²) in [4.78, 5) is 24.9. The van der Waals surface area contributed by atoms with Crippen molar-refractivity contribution >= 4 is 17.0 Å². The van der Waals surface area contributed by atoms with Gasteiger partial charge in [-0.2, -0.15) is 5.26 Å². The number of hydrogen-bond acceptors (Lipinski definition) is 7. The van der Waals surface area contributed by atoms with Gasteiger partial charge in [-0.1, -0.05) is 50.6 Å². The maximum Gasteiger partial charge on any atom is 0.419 e. The lowest BCUT2D eigenvalue weighted by Gasteiger charge is -2.25. The van der Waals surface area contributed by atoms with E-state index in [4.69, 9.17) is 13.9 Å². The molecule has 3 rings (SSSR count). The summed E-state index contributed by atoms with van der Waals surface area (Å²) in [5.74, 6) is -0.662. The van der Waals surface area contributed by atoms with Gasteiger partial charge in [0.2, 0.25) is 5.91 Å². The van der Waals surface area contributed by atoms with Crippen LogP contribution in [0.5, 0.6) is 0 Å². The number of nitrogens with zero attached hydrogens (tertiary/aromatic N) is 2. The molecule has 39 heavy (non-hydrogen) atoms. The van der Waals surface area contributed by atoms with E-state index in [-0.39, 0.29) is 17.9 Å². The largest absolute Gasteiger partial charge is 0.419 e. The third-order valence-corrected chi connectivity index (χ3v) is 6.98. The summed E-state index contributed by atoms with van der Waals surface area (Å²) in [6.45, 7) is 7.69. The molecule has 2 aromatic carbocycles. The van der Waals surface area contributed by atoms with Crippen LogP contribution in [0.1, 0.15) is 39.2 Å². The molecule has 1 aromatic heterocycles. The van der Waals surface area contributed by atoms with Crippen molar-refractivity contribution in [2.45, 2.75) is 58.3 Å². The van der Waals surface area contributed by atoms with Crippen LogP contribution >= 0.6 is 0 Å². The Balaban J connectivity index is 1.62. The Morgan fingerprint density at radius 1 is 1.13 bits per heavy atom. The van der Waals surface area contributed by atoms with Gasteiger partial charge in [0.05, 0.1) is 24.3 Å². The first-order chi connectivity index (χ1) is 18.8. The summed E-state index contributed by atoms with van der Waals surface area (Å²) in [6, 6.07) is 15.0. The van der Waals surface area contributed by atoms with Gasteiger partial charge in [0.1, 0.15) is 12.1 Å². The van der Waals surface area contributed by atoms with E-state index >= 15 is 0 Å². The van der Waals surface area contributed by atoms with Crippen LogP contribution < -0.4 is 16.4 Å². The second kappa shape index (κ2) is 14.6. The minimum absolute atomic E-state index is 0.00512. The van der Waals surface area contributed by atoms with Crippen molar-refractivity contribution in [3.63, 3.8) is 0 Å². The van der Waals surface area contributed by atoms with Gasteiger partial charge in [0.15, 0.2) is 5.58 Å². The number of amides is 1. The van der Waals surface area contributed by atoms with Crippen molar-refractivity contribution in [3.05, 3.63) is 58.6 Å². The molecule has 0 saturated carbocycles. The molecule has 0 fully saturated rings. The van der Waals surface area contributed by atoms with E-state index in [1.165, 1.54) is 4.57 Å². The van der Waals surface area contributed by atoms with Crippen LogP contribution in [0.4, 0.5) is 0 Å². The van der Waals surface area contributed by atoms with Gasteiger partial charge in [0.25, 0.3) is 0 Å². The summed E-state index contributed by atoms with van der Waals surface area (Å²) in [6.07, 6.45) is 1.20. The fourth-order valence-corrected chi connectivity index (χ4v) is 4.50. The second-order valence-electron chi connectivity index (χ2n) is 9.80. The molecule has 2 N–H and O–H groups in total. The molecular weight excluding hydrogens is 496 g/mol. The molecule has 3 unspecified atom stereocenters. The number of carbonyl (C=O) groups excluding carboxylic acids is 1. The maximum atomic E-state index is 13.1. The topological polar surface area (TPSA) is 119 Å².